The number of rotatable bonds is 3. The van der Waals surface area contributed by atoms with Crippen molar-refractivity contribution in [3.05, 3.63) is 51.7 Å². The first-order valence-electron chi connectivity index (χ1n) is 6.69. The SMILES string of the molecule is CCc1csc(C2=C(O)CN(c3ccc(F)c(F)c3)C2=N)n1. The first kappa shape index (κ1) is 14.6. The monoisotopic (exact) mass is 321 g/mol. The predicted octanol–water partition coefficient (Wildman–Crippen LogP) is 3.75. The fraction of sp³-hybridized carbons (Fsp3) is 0.200. The number of aliphatic hydroxyl groups excluding tert-OH is 1. The van der Waals surface area contributed by atoms with Crippen molar-refractivity contribution in [3.63, 3.8) is 0 Å². The normalized spacial score (nSPS) is 15.0. The Labute approximate surface area is 129 Å². The molecule has 1 aliphatic rings. The van der Waals surface area contributed by atoms with E-state index >= 15 is 0 Å². The number of thiazole rings is 1. The van der Waals surface area contributed by atoms with Crippen molar-refractivity contribution in [1.29, 1.82) is 5.41 Å². The molecule has 0 spiro atoms. The van der Waals surface area contributed by atoms with Crippen LogP contribution in [0, 0.1) is 17.0 Å². The molecule has 7 heteroatoms. The lowest BCUT2D eigenvalue weighted by atomic mass is 10.2. The Morgan fingerprint density at radius 3 is 2.77 bits per heavy atom. The molecule has 1 aliphatic heterocycles. The van der Waals surface area contributed by atoms with Gasteiger partial charge >= 0.3 is 0 Å². The summed E-state index contributed by atoms with van der Waals surface area (Å²) in [4.78, 5) is 5.79. The van der Waals surface area contributed by atoms with Crippen LogP contribution in [-0.4, -0.2) is 22.5 Å². The van der Waals surface area contributed by atoms with Gasteiger partial charge in [-0.15, -0.1) is 11.3 Å². The molecule has 2 N–H and O–H groups in total. The number of aliphatic hydroxyl groups is 1. The summed E-state index contributed by atoms with van der Waals surface area (Å²) >= 11 is 1.35. The molecule has 0 aliphatic carbocycles. The summed E-state index contributed by atoms with van der Waals surface area (Å²) in [5.74, 6) is -1.90. The molecule has 0 amide bonds. The number of hydrogen-bond acceptors (Lipinski definition) is 4. The highest BCUT2D eigenvalue weighted by atomic mass is 32.1. The van der Waals surface area contributed by atoms with E-state index in [0.29, 0.717) is 16.3 Å². The van der Waals surface area contributed by atoms with Crippen LogP contribution in [0.1, 0.15) is 17.6 Å². The molecule has 114 valence electrons. The van der Waals surface area contributed by atoms with E-state index in [-0.39, 0.29) is 18.1 Å². The predicted molar refractivity (Wildman–Crippen MR) is 82.5 cm³/mol. The number of amidine groups is 1. The summed E-state index contributed by atoms with van der Waals surface area (Å²) in [6.45, 7) is 2.01. The van der Waals surface area contributed by atoms with Gasteiger partial charge in [0.1, 0.15) is 16.6 Å². The number of nitrogens with one attached hydrogen (secondary N) is 1. The first-order chi connectivity index (χ1) is 10.5. The van der Waals surface area contributed by atoms with Gasteiger partial charge in [0.25, 0.3) is 0 Å². The third-order valence-corrected chi connectivity index (χ3v) is 4.35. The van der Waals surface area contributed by atoms with Crippen LogP contribution in [0.5, 0.6) is 0 Å². The number of aryl methyl sites for hydroxylation is 1. The summed E-state index contributed by atoms with van der Waals surface area (Å²) < 4.78 is 26.4. The largest absolute Gasteiger partial charge is 0.510 e. The molecule has 2 heterocycles. The molecule has 0 bridgehead atoms. The summed E-state index contributed by atoms with van der Waals surface area (Å²) in [5.41, 5.74) is 1.55. The molecule has 1 aromatic heterocycles. The average Bonchev–Trinajstić information content (AvgIpc) is 3.06. The average molecular weight is 321 g/mol. The van der Waals surface area contributed by atoms with E-state index in [1.165, 1.54) is 22.3 Å². The van der Waals surface area contributed by atoms with Crippen LogP contribution >= 0.6 is 11.3 Å². The second-order valence-corrected chi connectivity index (χ2v) is 5.71. The summed E-state index contributed by atoms with van der Waals surface area (Å²) in [6, 6.07) is 3.40. The molecule has 2 aromatic rings. The van der Waals surface area contributed by atoms with Crippen LogP contribution in [0.4, 0.5) is 14.5 Å². The molecule has 0 unspecified atom stereocenters. The van der Waals surface area contributed by atoms with Gasteiger partial charge in [0.15, 0.2) is 11.6 Å². The summed E-state index contributed by atoms with van der Waals surface area (Å²) in [7, 11) is 0. The van der Waals surface area contributed by atoms with Gasteiger partial charge in [-0.3, -0.25) is 5.41 Å². The molecule has 1 aromatic carbocycles. The van der Waals surface area contributed by atoms with E-state index in [1.54, 1.807) is 0 Å². The number of aromatic nitrogens is 1. The van der Waals surface area contributed by atoms with Crippen LogP contribution in [-0.2, 0) is 6.42 Å². The number of anilines is 1. The standard InChI is InChI=1S/C15H13F2N3OS/c1-2-8-7-22-15(19-8)13-12(21)6-20(14(13)18)9-3-4-10(16)11(17)5-9/h3-5,7,18,21H,2,6H2,1H3. The number of benzene rings is 1. The zero-order chi connectivity index (χ0) is 15.9. The highest BCUT2D eigenvalue weighted by molar-refractivity contribution is 7.11. The van der Waals surface area contributed by atoms with Crippen molar-refractivity contribution >= 4 is 28.4 Å². The van der Waals surface area contributed by atoms with E-state index in [2.05, 4.69) is 4.98 Å². The maximum atomic E-state index is 13.4. The van der Waals surface area contributed by atoms with Gasteiger partial charge in [-0.2, -0.15) is 0 Å². The van der Waals surface area contributed by atoms with E-state index in [4.69, 9.17) is 5.41 Å². The first-order valence-corrected chi connectivity index (χ1v) is 7.57. The highest BCUT2D eigenvalue weighted by Crippen LogP contribution is 2.33. The molecule has 22 heavy (non-hydrogen) atoms. The van der Waals surface area contributed by atoms with Crippen molar-refractivity contribution in [3.8, 4) is 0 Å². The fourth-order valence-corrected chi connectivity index (χ4v) is 3.23. The maximum Gasteiger partial charge on any atom is 0.160 e. The van der Waals surface area contributed by atoms with Crippen molar-refractivity contribution in [1.82, 2.24) is 4.98 Å². The number of nitrogens with zero attached hydrogens (tertiary/aromatic N) is 2. The van der Waals surface area contributed by atoms with Crippen molar-refractivity contribution in [2.45, 2.75) is 13.3 Å². The second-order valence-electron chi connectivity index (χ2n) is 4.85. The molecule has 0 fully saturated rings. The third kappa shape index (κ3) is 2.37. The number of halogens is 2. The van der Waals surface area contributed by atoms with Gasteiger partial charge in [-0.25, -0.2) is 13.8 Å². The number of hydrogen-bond donors (Lipinski definition) is 2. The highest BCUT2D eigenvalue weighted by Gasteiger charge is 2.31. The molecular formula is C15H13F2N3OS. The van der Waals surface area contributed by atoms with Crippen LogP contribution < -0.4 is 4.90 Å². The smallest absolute Gasteiger partial charge is 0.160 e. The second kappa shape index (κ2) is 5.49. The van der Waals surface area contributed by atoms with Gasteiger partial charge in [-0.1, -0.05) is 6.92 Å². The van der Waals surface area contributed by atoms with Gasteiger partial charge in [0, 0.05) is 17.1 Å². The van der Waals surface area contributed by atoms with E-state index < -0.39 is 11.6 Å². The molecule has 3 rings (SSSR count). The van der Waals surface area contributed by atoms with Crippen LogP contribution in [0.25, 0.3) is 5.57 Å². The van der Waals surface area contributed by atoms with Gasteiger partial charge in [-0.05, 0) is 18.6 Å². The van der Waals surface area contributed by atoms with E-state index in [9.17, 15) is 13.9 Å². The Morgan fingerprint density at radius 2 is 2.14 bits per heavy atom. The zero-order valence-corrected chi connectivity index (χ0v) is 12.5. The maximum absolute atomic E-state index is 13.4. The lowest BCUT2D eigenvalue weighted by Gasteiger charge is -2.18. The molecule has 0 radical (unpaired) electrons. The summed E-state index contributed by atoms with van der Waals surface area (Å²) in [6.07, 6.45) is 0.769. The Morgan fingerprint density at radius 1 is 1.36 bits per heavy atom. The third-order valence-electron chi connectivity index (χ3n) is 3.45. The molecule has 4 nitrogen and oxygen atoms in total. The minimum Gasteiger partial charge on any atom is -0.510 e. The lowest BCUT2D eigenvalue weighted by molar-refractivity contribution is 0.411. The quantitative estimate of drug-likeness (QED) is 0.905. The molecule has 0 saturated heterocycles. The fourth-order valence-electron chi connectivity index (χ4n) is 2.26. The van der Waals surface area contributed by atoms with E-state index in [1.807, 2.05) is 12.3 Å². The lowest BCUT2D eigenvalue weighted by Crippen LogP contribution is -2.26. The van der Waals surface area contributed by atoms with Gasteiger partial charge in [0.05, 0.1) is 17.8 Å². The van der Waals surface area contributed by atoms with Crippen LogP contribution in [0.3, 0.4) is 0 Å². The topological polar surface area (TPSA) is 60.2 Å². The molecule has 0 saturated carbocycles. The molecule has 0 atom stereocenters. The minimum absolute atomic E-state index is 0.00624. The molecular weight excluding hydrogens is 308 g/mol. The Kier molecular flexibility index (Phi) is 3.66. The Bertz CT molecular complexity index is 785. The van der Waals surface area contributed by atoms with Crippen molar-refractivity contribution < 1.29 is 13.9 Å². The zero-order valence-electron chi connectivity index (χ0n) is 11.7. The van der Waals surface area contributed by atoms with Crippen LogP contribution in [0.15, 0.2) is 29.3 Å². The van der Waals surface area contributed by atoms with Gasteiger partial charge in [0.2, 0.25) is 0 Å². The Hall–Kier alpha value is -2.28. The van der Waals surface area contributed by atoms with Crippen LogP contribution in [0.2, 0.25) is 0 Å². The van der Waals surface area contributed by atoms with Crippen molar-refractivity contribution in [2.75, 3.05) is 11.4 Å². The van der Waals surface area contributed by atoms with Crippen molar-refractivity contribution in [2.24, 2.45) is 0 Å². The Balaban J connectivity index is 1.93. The minimum atomic E-state index is -0.985. The summed E-state index contributed by atoms with van der Waals surface area (Å²) in [5, 5.41) is 20.8. The van der Waals surface area contributed by atoms with Gasteiger partial charge < -0.3 is 10.0 Å². The van der Waals surface area contributed by atoms with E-state index in [0.717, 1.165) is 24.2 Å².